The van der Waals surface area contributed by atoms with Crippen LogP contribution in [0.1, 0.15) is 34.8 Å². The lowest BCUT2D eigenvalue weighted by atomic mass is 9.82. The Kier molecular flexibility index (Phi) is 6.18. The molecule has 0 spiro atoms. The lowest BCUT2D eigenvalue weighted by Gasteiger charge is -2.29. The molecule has 0 saturated carbocycles. The molecule has 9 heteroatoms. The summed E-state index contributed by atoms with van der Waals surface area (Å²) in [5, 5.41) is 1.16. The molecule has 32 heavy (non-hydrogen) atoms. The molecule has 0 fully saturated rings. The van der Waals surface area contributed by atoms with Crippen LogP contribution in [-0.2, 0) is 22.0 Å². The zero-order valence-electron chi connectivity index (χ0n) is 17.2. The van der Waals surface area contributed by atoms with Gasteiger partial charge in [0.2, 0.25) is 0 Å². The van der Waals surface area contributed by atoms with E-state index in [2.05, 4.69) is 22.5 Å². The monoisotopic (exact) mass is 489 g/mol. The lowest BCUT2D eigenvalue weighted by molar-refractivity contribution is 0.0981. The number of carbonyl (C=O) groups is 1. The van der Waals surface area contributed by atoms with Gasteiger partial charge >= 0.3 is 0 Å². The average molecular weight is 490 g/mol. The molecule has 1 heterocycles. The van der Waals surface area contributed by atoms with E-state index >= 15 is 0 Å². The minimum atomic E-state index is -3.96. The van der Waals surface area contributed by atoms with Gasteiger partial charge in [-0.25, -0.2) is 18.6 Å². The Morgan fingerprint density at radius 3 is 2.47 bits per heavy atom. The van der Waals surface area contributed by atoms with Gasteiger partial charge in [0, 0.05) is 15.6 Å². The molecule has 0 bridgehead atoms. The molecule has 1 unspecified atom stereocenters. The van der Waals surface area contributed by atoms with Crippen LogP contribution >= 0.6 is 23.2 Å². The standard InChI is InChI=1S/C23H21Cl2N3O3S/c1-2-23(14-16-8-10-17(24)13-20(16)25)19-11-9-15(12-21(19)26-28-23)22(29)27-32(30,31)18-6-4-3-5-7-18/h3-13,26,28H,2,14H2,1H3,(H,27,29). The summed E-state index contributed by atoms with van der Waals surface area (Å²) in [7, 11) is -3.96. The van der Waals surface area contributed by atoms with Crippen molar-refractivity contribution < 1.29 is 13.2 Å². The van der Waals surface area contributed by atoms with E-state index in [1.54, 1.807) is 42.5 Å². The minimum absolute atomic E-state index is 0.0270. The number of sulfonamides is 1. The summed E-state index contributed by atoms with van der Waals surface area (Å²) >= 11 is 12.4. The third-order valence-electron chi connectivity index (χ3n) is 5.63. The molecular formula is C23H21Cl2N3O3S. The number of hydrazine groups is 1. The van der Waals surface area contributed by atoms with Gasteiger partial charge in [-0.3, -0.25) is 4.79 Å². The number of nitrogens with one attached hydrogen (secondary N) is 3. The number of hydrogen-bond donors (Lipinski definition) is 3. The number of benzene rings is 3. The second-order valence-electron chi connectivity index (χ2n) is 7.61. The van der Waals surface area contributed by atoms with Crippen molar-refractivity contribution in [3.63, 3.8) is 0 Å². The van der Waals surface area contributed by atoms with E-state index in [-0.39, 0.29) is 10.5 Å². The maximum atomic E-state index is 12.7. The number of fused-ring (bicyclic) bond motifs is 1. The van der Waals surface area contributed by atoms with Gasteiger partial charge in [0.05, 0.1) is 16.1 Å². The zero-order valence-corrected chi connectivity index (χ0v) is 19.5. The van der Waals surface area contributed by atoms with E-state index in [1.807, 2.05) is 12.1 Å². The average Bonchev–Trinajstić information content (AvgIpc) is 3.14. The SMILES string of the molecule is CCC1(Cc2ccc(Cl)cc2Cl)NNc2cc(C(=O)NS(=O)(=O)c3ccccc3)ccc21. The van der Waals surface area contributed by atoms with E-state index in [1.165, 1.54) is 12.1 Å². The largest absolute Gasteiger partial charge is 0.320 e. The van der Waals surface area contributed by atoms with E-state index in [0.29, 0.717) is 22.2 Å². The van der Waals surface area contributed by atoms with Gasteiger partial charge in [0.25, 0.3) is 15.9 Å². The second-order valence-corrected chi connectivity index (χ2v) is 10.1. The number of halogens is 2. The van der Waals surface area contributed by atoms with Crippen molar-refractivity contribution in [2.75, 3.05) is 5.43 Å². The summed E-state index contributed by atoms with van der Waals surface area (Å²) in [6.45, 7) is 2.06. The summed E-state index contributed by atoms with van der Waals surface area (Å²) in [4.78, 5) is 12.7. The molecule has 3 aromatic rings. The fourth-order valence-electron chi connectivity index (χ4n) is 3.83. The second kappa shape index (κ2) is 8.75. The van der Waals surface area contributed by atoms with Crippen molar-refractivity contribution in [2.45, 2.75) is 30.2 Å². The van der Waals surface area contributed by atoms with Crippen LogP contribution in [0.25, 0.3) is 0 Å². The molecule has 166 valence electrons. The molecule has 3 aromatic carbocycles. The van der Waals surface area contributed by atoms with Crippen molar-refractivity contribution in [3.05, 3.63) is 93.5 Å². The molecule has 0 aliphatic carbocycles. The van der Waals surface area contributed by atoms with Gasteiger partial charge in [-0.1, -0.05) is 60.5 Å². The van der Waals surface area contributed by atoms with Crippen LogP contribution in [-0.4, -0.2) is 14.3 Å². The van der Waals surface area contributed by atoms with Gasteiger partial charge in [0.15, 0.2) is 0 Å². The Morgan fingerprint density at radius 2 is 1.78 bits per heavy atom. The van der Waals surface area contributed by atoms with Crippen molar-refractivity contribution in [3.8, 4) is 0 Å². The number of rotatable bonds is 6. The third-order valence-corrected chi connectivity index (χ3v) is 7.56. The van der Waals surface area contributed by atoms with Crippen LogP contribution in [0.3, 0.4) is 0 Å². The summed E-state index contributed by atoms with van der Waals surface area (Å²) < 4.78 is 27.1. The molecule has 0 aromatic heterocycles. The van der Waals surface area contributed by atoms with Crippen molar-refractivity contribution >= 4 is 44.8 Å². The van der Waals surface area contributed by atoms with Gasteiger partial charge in [-0.2, -0.15) is 0 Å². The van der Waals surface area contributed by atoms with E-state index in [0.717, 1.165) is 17.5 Å². The highest BCUT2D eigenvalue weighted by Gasteiger charge is 2.38. The summed E-state index contributed by atoms with van der Waals surface area (Å²) in [5.41, 5.74) is 8.86. The molecule has 0 radical (unpaired) electrons. The zero-order chi connectivity index (χ0) is 22.9. The molecule has 0 saturated heterocycles. The Labute approximate surface area is 197 Å². The summed E-state index contributed by atoms with van der Waals surface area (Å²) in [6, 6.07) is 18.3. The minimum Gasteiger partial charge on any atom is -0.320 e. The van der Waals surface area contributed by atoms with Crippen LogP contribution in [0.2, 0.25) is 10.0 Å². The molecule has 6 nitrogen and oxygen atoms in total. The Balaban J connectivity index is 1.59. The first-order valence-corrected chi connectivity index (χ1v) is 12.2. The van der Waals surface area contributed by atoms with Crippen LogP contribution in [0.5, 0.6) is 0 Å². The van der Waals surface area contributed by atoms with Crippen LogP contribution in [0.15, 0.2) is 71.6 Å². The highest BCUT2D eigenvalue weighted by molar-refractivity contribution is 7.90. The smallest absolute Gasteiger partial charge is 0.265 e. The maximum absolute atomic E-state index is 12.7. The molecule has 1 aliphatic rings. The van der Waals surface area contributed by atoms with E-state index in [9.17, 15) is 13.2 Å². The van der Waals surface area contributed by atoms with Crippen molar-refractivity contribution in [1.29, 1.82) is 0 Å². The summed E-state index contributed by atoms with van der Waals surface area (Å²) in [6.07, 6.45) is 1.35. The Bertz CT molecular complexity index is 1280. The topological polar surface area (TPSA) is 87.3 Å². The number of amides is 1. The molecule has 1 aliphatic heterocycles. The normalized spacial score (nSPS) is 17.5. The number of carbonyl (C=O) groups excluding carboxylic acids is 1. The highest BCUT2D eigenvalue weighted by atomic mass is 35.5. The molecule has 1 amide bonds. The Morgan fingerprint density at radius 1 is 1.03 bits per heavy atom. The maximum Gasteiger partial charge on any atom is 0.265 e. The quantitative estimate of drug-likeness (QED) is 0.458. The predicted octanol–water partition coefficient (Wildman–Crippen LogP) is 4.89. The van der Waals surface area contributed by atoms with Crippen LogP contribution < -0.4 is 15.6 Å². The lowest BCUT2D eigenvalue weighted by Crippen LogP contribution is -2.41. The number of anilines is 1. The van der Waals surface area contributed by atoms with E-state index < -0.39 is 21.5 Å². The Hall–Kier alpha value is -2.58. The molecular weight excluding hydrogens is 469 g/mol. The van der Waals surface area contributed by atoms with Gasteiger partial charge in [-0.05, 0) is 60.4 Å². The first-order valence-electron chi connectivity index (χ1n) is 9.98. The van der Waals surface area contributed by atoms with E-state index in [4.69, 9.17) is 23.2 Å². The summed E-state index contributed by atoms with van der Waals surface area (Å²) in [5.74, 6) is -0.701. The molecule has 3 N–H and O–H groups in total. The third kappa shape index (κ3) is 4.34. The van der Waals surface area contributed by atoms with Gasteiger partial charge < -0.3 is 5.43 Å². The first kappa shape index (κ1) is 22.6. The highest BCUT2D eigenvalue weighted by Crippen LogP contribution is 2.40. The van der Waals surface area contributed by atoms with Crippen LogP contribution in [0, 0.1) is 0 Å². The van der Waals surface area contributed by atoms with Crippen molar-refractivity contribution in [1.82, 2.24) is 10.1 Å². The van der Waals surface area contributed by atoms with Crippen molar-refractivity contribution in [2.24, 2.45) is 0 Å². The fourth-order valence-corrected chi connectivity index (χ4v) is 5.30. The van der Waals surface area contributed by atoms with Gasteiger partial charge in [-0.15, -0.1) is 0 Å². The predicted molar refractivity (Wildman–Crippen MR) is 126 cm³/mol. The molecule has 1 atom stereocenters. The number of hydrogen-bond acceptors (Lipinski definition) is 5. The molecule has 4 rings (SSSR count). The first-order chi connectivity index (χ1) is 15.2. The van der Waals surface area contributed by atoms with Crippen LogP contribution in [0.4, 0.5) is 5.69 Å². The van der Waals surface area contributed by atoms with Gasteiger partial charge in [0.1, 0.15) is 0 Å². The fraction of sp³-hybridized carbons (Fsp3) is 0.174.